The Labute approximate surface area is 285 Å². The van der Waals surface area contributed by atoms with Gasteiger partial charge < -0.3 is 50.1 Å². The highest BCUT2D eigenvalue weighted by Gasteiger charge is 2.46. The van der Waals surface area contributed by atoms with Gasteiger partial charge in [0.1, 0.15) is 13.2 Å². The molecule has 2 heterocycles. The summed E-state index contributed by atoms with van der Waals surface area (Å²) in [5.41, 5.74) is 6.72. The van der Waals surface area contributed by atoms with Crippen LogP contribution in [0.4, 0.5) is 0 Å². The molecule has 18 nitrogen and oxygen atoms in total. The summed E-state index contributed by atoms with van der Waals surface area (Å²) in [5.74, 6) is -2.61. The number of nitrogens with two attached hydrogens (primary N) is 2. The molecule has 0 saturated carbocycles. The minimum Gasteiger partial charge on any atom is -0.460 e. The molecule has 20 heteroatoms. The van der Waals surface area contributed by atoms with Gasteiger partial charge in [0.05, 0.1) is 22.7 Å². The van der Waals surface area contributed by atoms with Crippen LogP contribution in [0.15, 0.2) is 34.4 Å². The molecule has 2 rings (SSSR count). The van der Waals surface area contributed by atoms with Crippen molar-refractivity contribution in [3.8, 4) is 0 Å². The first-order valence-corrected chi connectivity index (χ1v) is 16.8. The lowest BCUT2D eigenvalue weighted by atomic mass is 10.1. The number of amides is 2. The summed E-state index contributed by atoms with van der Waals surface area (Å²) in [6, 6.07) is -2.79. The maximum absolute atomic E-state index is 12.3. The maximum Gasteiger partial charge on any atom is 0.331 e. The fraction of sp³-hybridized carbons (Fsp3) is 0.571. The van der Waals surface area contributed by atoms with Gasteiger partial charge in [-0.3, -0.25) is 9.59 Å². The van der Waals surface area contributed by atoms with Gasteiger partial charge in [-0.15, -0.1) is 0 Å². The Hall–Kier alpha value is -3.82. The molecule has 0 aromatic carbocycles. The zero-order valence-corrected chi connectivity index (χ0v) is 29.2. The number of rotatable bonds is 21. The van der Waals surface area contributed by atoms with Crippen LogP contribution in [0.25, 0.3) is 0 Å². The van der Waals surface area contributed by atoms with Crippen molar-refractivity contribution in [1.82, 2.24) is 30.9 Å². The van der Waals surface area contributed by atoms with Gasteiger partial charge in [0.15, 0.2) is 23.7 Å². The topological polar surface area (TPSA) is 259 Å². The van der Waals surface area contributed by atoms with E-state index < -0.39 is 46.7 Å². The predicted molar refractivity (Wildman–Crippen MR) is 173 cm³/mol. The van der Waals surface area contributed by atoms with E-state index in [0.717, 1.165) is 21.6 Å². The molecule has 2 unspecified atom stereocenters. The van der Waals surface area contributed by atoms with Gasteiger partial charge in [-0.25, -0.2) is 9.59 Å². The second-order valence-electron chi connectivity index (χ2n) is 11.8. The van der Waals surface area contributed by atoms with Gasteiger partial charge in [-0.2, -0.15) is 9.97 Å². The first-order valence-electron chi connectivity index (χ1n) is 14.3. The van der Waals surface area contributed by atoms with Gasteiger partial charge in [0.2, 0.25) is 24.3 Å². The van der Waals surface area contributed by atoms with Crippen molar-refractivity contribution in [1.29, 1.82) is 0 Å². The predicted octanol–water partition coefficient (Wildman–Crippen LogP) is 1.42. The molecule has 0 aliphatic carbocycles. The molecule has 2 aromatic heterocycles. The van der Waals surface area contributed by atoms with E-state index in [1.54, 1.807) is 41.5 Å². The third-order valence-electron chi connectivity index (χ3n) is 5.48. The Balaban J connectivity index is 2.41. The van der Waals surface area contributed by atoms with Crippen LogP contribution in [0, 0.1) is 0 Å². The molecule has 2 aromatic rings. The molecule has 0 aliphatic rings. The molecule has 48 heavy (non-hydrogen) atoms. The summed E-state index contributed by atoms with van der Waals surface area (Å²) in [6.45, 7) is 17.2. The molecule has 0 fully saturated rings. The Kier molecular flexibility index (Phi) is 14.7. The van der Waals surface area contributed by atoms with Crippen molar-refractivity contribution < 1.29 is 47.2 Å². The van der Waals surface area contributed by atoms with E-state index in [9.17, 15) is 19.2 Å². The molecule has 6 N–H and O–H groups in total. The largest absolute Gasteiger partial charge is 0.460 e. The fourth-order valence-corrected chi connectivity index (χ4v) is 6.27. The van der Waals surface area contributed by atoms with Crippen LogP contribution in [0.1, 0.15) is 77.1 Å². The highest BCUT2D eigenvalue weighted by Crippen LogP contribution is 2.40. The van der Waals surface area contributed by atoms with Crippen molar-refractivity contribution in [3.63, 3.8) is 0 Å². The molecular weight excluding hydrogens is 672 g/mol. The average molecular weight is 715 g/mol. The average Bonchev–Trinajstić information content (AvgIpc) is 3.70. The second kappa shape index (κ2) is 17.5. The van der Waals surface area contributed by atoms with E-state index in [2.05, 4.69) is 44.1 Å². The summed E-state index contributed by atoms with van der Waals surface area (Å²) >= 11 is 0. The third-order valence-corrected chi connectivity index (χ3v) is 7.90. The van der Waals surface area contributed by atoms with E-state index in [0.29, 0.717) is 12.8 Å². The van der Waals surface area contributed by atoms with E-state index in [-0.39, 0.29) is 48.1 Å². The number of hydrogen-bond donors (Lipinski definition) is 4. The first kappa shape index (κ1) is 40.4. The van der Waals surface area contributed by atoms with Crippen LogP contribution in [0.3, 0.4) is 0 Å². The van der Waals surface area contributed by atoms with E-state index in [1.807, 2.05) is 0 Å². The summed E-state index contributed by atoms with van der Waals surface area (Å²) in [7, 11) is 2.29. The lowest BCUT2D eigenvalue weighted by Gasteiger charge is -2.37. The zero-order valence-electron chi connectivity index (χ0n) is 27.5. The van der Waals surface area contributed by atoms with Crippen LogP contribution in [0.2, 0.25) is 0 Å². The minimum absolute atomic E-state index is 0.0623. The monoisotopic (exact) mass is 714 g/mol. The molecule has 0 aliphatic heterocycles. The number of nitrogens with zero attached hydrogens (tertiary/aromatic N) is 4. The minimum atomic E-state index is -1.73. The number of carbonyl (C=O) groups excluding carboxylic acids is 4. The van der Waals surface area contributed by atoms with Crippen LogP contribution in [0.5, 0.6) is 0 Å². The molecule has 0 bridgehead atoms. The van der Waals surface area contributed by atoms with Gasteiger partial charge in [0, 0.05) is 0 Å². The summed E-state index contributed by atoms with van der Waals surface area (Å²) in [4.78, 5) is 56.8. The van der Waals surface area contributed by atoms with Crippen molar-refractivity contribution in [2.75, 3.05) is 24.7 Å². The first-order chi connectivity index (χ1) is 22.5. The lowest BCUT2D eigenvalue weighted by Crippen LogP contribution is -2.51. The van der Waals surface area contributed by atoms with Crippen LogP contribution in [-0.2, 0) is 49.6 Å². The van der Waals surface area contributed by atoms with Gasteiger partial charge >= 0.3 is 11.9 Å². The normalized spacial score (nSPS) is 15.6. The number of carbonyl (C=O) groups is 4. The standard InChI is InChI=1S/C28H42N8O10S2/c1-9-11-41-21(39)17(29)19-33-23(43-35-19)27(31-15-37,45-25(3,4)5)13-47-48-14-28(32-16-38,46-26(6,7)8)24-34-20(36-44-24)18(30)22(40)42-12-10-2/h9-10,15-18H,1-2,11-14,29-30H2,3-8H3,(H,31,37)(H,32,38)/t17?,18?,27-,28-/m1/s1. The summed E-state index contributed by atoms with van der Waals surface area (Å²) < 4.78 is 33.3. The number of hydrogen-bond acceptors (Lipinski definition) is 18. The maximum atomic E-state index is 12.3. The Morgan fingerprint density at radius 1 is 0.771 bits per heavy atom. The number of esters is 2. The zero-order chi connectivity index (χ0) is 36.2. The van der Waals surface area contributed by atoms with Gasteiger partial charge in [-0.05, 0) is 41.5 Å². The SMILES string of the molecule is C=CCOC(=O)C(N)c1noc([C@](CSSC[C@@](NC=O)(OC(C)(C)C)c2nc(C(N)C(=O)OCC=C)no2)(NC=O)OC(C)(C)C)n1. The molecule has 4 atom stereocenters. The molecule has 0 radical (unpaired) electrons. The molecule has 266 valence electrons. The van der Waals surface area contributed by atoms with Gasteiger partial charge in [-0.1, -0.05) is 57.2 Å². The fourth-order valence-electron chi connectivity index (χ4n) is 3.74. The second-order valence-corrected chi connectivity index (χ2v) is 14.3. The molecule has 0 saturated heterocycles. The smallest absolute Gasteiger partial charge is 0.331 e. The number of aromatic nitrogens is 4. The van der Waals surface area contributed by atoms with E-state index in [4.69, 9.17) is 39.5 Å². The Bertz CT molecular complexity index is 1300. The Morgan fingerprint density at radius 3 is 1.42 bits per heavy atom. The quantitative estimate of drug-likeness (QED) is 0.0356. The highest BCUT2D eigenvalue weighted by molar-refractivity contribution is 8.76. The third kappa shape index (κ3) is 11.4. The molecule has 2 amide bonds. The van der Waals surface area contributed by atoms with Crippen molar-refractivity contribution in [3.05, 3.63) is 48.7 Å². The van der Waals surface area contributed by atoms with Crippen molar-refractivity contribution in [2.24, 2.45) is 11.5 Å². The Morgan fingerprint density at radius 2 is 1.12 bits per heavy atom. The molecular formula is C28H42N8O10S2. The van der Waals surface area contributed by atoms with E-state index >= 15 is 0 Å². The molecule has 0 spiro atoms. The van der Waals surface area contributed by atoms with Crippen LogP contribution >= 0.6 is 21.6 Å². The lowest BCUT2D eigenvalue weighted by molar-refractivity contribution is -0.162. The number of nitrogens with one attached hydrogen (secondary N) is 2. The van der Waals surface area contributed by atoms with E-state index in [1.165, 1.54) is 12.2 Å². The number of ether oxygens (including phenoxy) is 4. The van der Waals surface area contributed by atoms with Crippen LogP contribution in [-0.4, -0.2) is 81.0 Å². The summed E-state index contributed by atoms with van der Waals surface area (Å²) in [6.07, 6.45) is 3.53. The summed E-state index contributed by atoms with van der Waals surface area (Å²) in [5, 5.41) is 12.8. The van der Waals surface area contributed by atoms with Crippen molar-refractivity contribution in [2.45, 2.75) is 76.3 Å². The van der Waals surface area contributed by atoms with Crippen molar-refractivity contribution >= 4 is 46.3 Å². The van der Waals surface area contributed by atoms with Gasteiger partial charge in [0.25, 0.3) is 11.8 Å². The highest BCUT2D eigenvalue weighted by atomic mass is 33.1. The van der Waals surface area contributed by atoms with Crippen LogP contribution < -0.4 is 22.1 Å².